The van der Waals surface area contributed by atoms with Crippen molar-refractivity contribution in [2.75, 3.05) is 20.6 Å². The van der Waals surface area contributed by atoms with Crippen molar-refractivity contribution in [3.63, 3.8) is 0 Å². The van der Waals surface area contributed by atoms with E-state index in [0.29, 0.717) is 13.0 Å². The molecule has 0 amide bonds. The summed E-state index contributed by atoms with van der Waals surface area (Å²) in [6.07, 6.45) is 4.21. The SMILES string of the molecule is CN(C)S(=O)(=O)N1CC[C@@](O)(c2ccccc2)[C@H]2CCCC[C@@H]21. The molecule has 1 aliphatic heterocycles. The molecular weight excluding hydrogens is 312 g/mol. The molecule has 128 valence electrons. The summed E-state index contributed by atoms with van der Waals surface area (Å²) in [5.41, 5.74) is -0.0104. The van der Waals surface area contributed by atoms with E-state index in [9.17, 15) is 13.5 Å². The van der Waals surface area contributed by atoms with Gasteiger partial charge in [0.2, 0.25) is 0 Å². The summed E-state index contributed by atoms with van der Waals surface area (Å²) in [6.45, 7) is 0.368. The molecule has 3 rings (SSSR count). The summed E-state index contributed by atoms with van der Waals surface area (Å²) in [6, 6.07) is 9.62. The minimum Gasteiger partial charge on any atom is -0.385 e. The molecule has 0 unspecified atom stereocenters. The van der Waals surface area contributed by atoms with Crippen molar-refractivity contribution in [3.05, 3.63) is 35.9 Å². The van der Waals surface area contributed by atoms with Crippen LogP contribution in [-0.4, -0.2) is 48.8 Å². The average Bonchev–Trinajstić information content (AvgIpc) is 2.56. The molecule has 0 radical (unpaired) electrons. The fraction of sp³-hybridized carbons (Fsp3) is 0.647. The maximum Gasteiger partial charge on any atom is 0.281 e. The van der Waals surface area contributed by atoms with Gasteiger partial charge < -0.3 is 5.11 Å². The lowest BCUT2D eigenvalue weighted by Crippen LogP contribution is -2.60. The predicted molar refractivity (Wildman–Crippen MR) is 90.0 cm³/mol. The van der Waals surface area contributed by atoms with Crippen LogP contribution in [-0.2, 0) is 15.8 Å². The van der Waals surface area contributed by atoms with E-state index in [2.05, 4.69) is 0 Å². The molecule has 3 atom stereocenters. The van der Waals surface area contributed by atoms with E-state index >= 15 is 0 Å². The second kappa shape index (κ2) is 6.16. The second-order valence-electron chi connectivity index (χ2n) is 6.90. The normalized spacial score (nSPS) is 32.7. The molecule has 2 aliphatic rings. The molecule has 1 saturated carbocycles. The van der Waals surface area contributed by atoms with Crippen molar-refractivity contribution in [2.24, 2.45) is 5.92 Å². The van der Waals surface area contributed by atoms with Gasteiger partial charge in [0, 0.05) is 32.6 Å². The molecular formula is C17H26N2O3S. The molecule has 5 nitrogen and oxygen atoms in total. The third-order valence-electron chi connectivity index (χ3n) is 5.46. The number of hydrogen-bond donors (Lipinski definition) is 1. The summed E-state index contributed by atoms with van der Waals surface area (Å²) >= 11 is 0. The van der Waals surface area contributed by atoms with Crippen LogP contribution in [0.15, 0.2) is 30.3 Å². The van der Waals surface area contributed by atoms with Gasteiger partial charge in [0.1, 0.15) is 0 Å². The number of piperidine rings is 1. The van der Waals surface area contributed by atoms with E-state index in [4.69, 9.17) is 0 Å². The second-order valence-corrected chi connectivity index (χ2v) is 8.99. The van der Waals surface area contributed by atoms with Crippen molar-refractivity contribution < 1.29 is 13.5 Å². The molecule has 23 heavy (non-hydrogen) atoms. The van der Waals surface area contributed by atoms with Gasteiger partial charge in [-0.05, 0) is 24.8 Å². The van der Waals surface area contributed by atoms with Crippen LogP contribution in [0.4, 0.5) is 0 Å². The molecule has 1 aliphatic carbocycles. The van der Waals surface area contributed by atoms with Crippen LogP contribution in [0.5, 0.6) is 0 Å². The largest absolute Gasteiger partial charge is 0.385 e. The summed E-state index contributed by atoms with van der Waals surface area (Å²) in [7, 11) is -0.298. The Bertz CT molecular complexity index is 647. The number of rotatable bonds is 3. The minimum atomic E-state index is -3.45. The number of hydrogen-bond acceptors (Lipinski definition) is 3. The molecule has 1 aromatic carbocycles. The first kappa shape index (κ1) is 16.9. The Balaban J connectivity index is 1.98. The van der Waals surface area contributed by atoms with Gasteiger partial charge in [0.05, 0.1) is 5.60 Å². The molecule has 1 aromatic rings. The Morgan fingerprint density at radius 1 is 1.17 bits per heavy atom. The Kier molecular flexibility index (Phi) is 4.53. The zero-order valence-electron chi connectivity index (χ0n) is 13.9. The van der Waals surface area contributed by atoms with E-state index in [1.807, 2.05) is 30.3 Å². The van der Waals surface area contributed by atoms with Crippen LogP contribution >= 0.6 is 0 Å². The number of aliphatic hydroxyl groups is 1. The topological polar surface area (TPSA) is 60.9 Å². The standard InChI is InChI=1S/C17H26N2O3S/c1-18(2)23(21,22)19-13-12-17(20,14-8-4-3-5-9-14)15-10-6-7-11-16(15)19/h3-5,8-9,15-16,20H,6-7,10-13H2,1-2H3/t15-,16-,17+/m0/s1. The maximum absolute atomic E-state index is 12.7. The van der Waals surface area contributed by atoms with Crippen molar-refractivity contribution in [2.45, 2.75) is 43.7 Å². The number of benzene rings is 1. The Labute approximate surface area is 139 Å². The van der Waals surface area contributed by atoms with Gasteiger partial charge in [-0.3, -0.25) is 0 Å². The first-order chi connectivity index (χ1) is 10.9. The van der Waals surface area contributed by atoms with Crippen LogP contribution in [0, 0.1) is 5.92 Å². The van der Waals surface area contributed by atoms with Gasteiger partial charge in [0.25, 0.3) is 10.2 Å². The number of nitrogens with zero attached hydrogens (tertiary/aromatic N) is 2. The molecule has 0 spiro atoms. The molecule has 0 aromatic heterocycles. The van der Waals surface area contributed by atoms with Gasteiger partial charge in [-0.2, -0.15) is 17.0 Å². The zero-order valence-corrected chi connectivity index (χ0v) is 14.7. The fourth-order valence-electron chi connectivity index (χ4n) is 4.23. The lowest BCUT2D eigenvalue weighted by Gasteiger charge is -2.52. The fourth-order valence-corrected chi connectivity index (χ4v) is 5.56. The van der Waals surface area contributed by atoms with Gasteiger partial charge in [-0.1, -0.05) is 43.2 Å². The first-order valence-corrected chi connectivity index (χ1v) is 9.74. The Morgan fingerprint density at radius 3 is 2.48 bits per heavy atom. The quantitative estimate of drug-likeness (QED) is 0.916. The van der Waals surface area contributed by atoms with Crippen LogP contribution < -0.4 is 0 Å². The monoisotopic (exact) mass is 338 g/mol. The van der Waals surface area contributed by atoms with Crippen LogP contribution in [0.25, 0.3) is 0 Å². The van der Waals surface area contributed by atoms with E-state index < -0.39 is 15.8 Å². The van der Waals surface area contributed by atoms with E-state index in [-0.39, 0.29) is 12.0 Å². The summed E-state index contributed by atoms with van der Waals surface area (Å²) < 4.78 is 28.2. The smallest absolute Gasteiger partial charge is 0.281 e. The van der Waals surface area contributed by atoms with Crippen molar-refractivity contribution >= 4 is 10.2 Å². The number of fused-ring (bicyclic) bond motifs is 1. The molecule has 2 fully saturated rings. The average molecular weight is 338 g/mol. The van der Waals surface area contributed by atoms with Crippen LogP contribution in [0.2, 0.25) is 0 Å². The van der Waals surface area contributed by atoms with Crippen LogP contribution in [0.1, 0.15) is 37.7 Å². The highest BCUT2D eigenvalue weighted by atomic mass is 32.2. The Hall–Kier alpha value is -0.950. The van der Waals surface area contributed by atoms with Gasteiger partial charge in [0.15, 0.2) is 0 Å². The summed E-state index contributed by atoms with van der Waals surface area (Å²) in [5, 5.41) is 11.4. The van der Waals surface area contributed by atoms with Crippen molar-refractivity contribution in [1.82, 2.24) is 8.61 Å². The third-order valence-corrected chi connectivity index (χ3v) is 7.43. The highest BCUT2D eigenvalue weighted by molar-refractivity contribution is 7.86. The predicted octanol–water partition coefficient (Wildman–Crippen LogP) is 1.95. The maximum atomic E-state index is 12.7. The van der Waals surface area contributed by atoms with Gasteiger partial charge in [-0.25, -0.2) is 0 Å². The lowest BCUT2D eigenvalue weighted by molar-refractivity contribution is -0.101. The first-order valence-electron chi connectivity index (χ1n) is 8.34. The van der Waals surface area contributed by atoms with Gasteiger partial charge in [-0.15, -0.1) is 0 Å². The van der Waals surface area contributed by atoms with E-state index in [1.165, 1.54) is 4.31 Å². The summed E-state index contributed by atoms with van der Waals surface area (Å²) in [5.74, 6) is -0.0397. The highest BCUT2D eigenvalue weighted by Gasteiger charge is 2.52. The third kappa shape index (κ3) is 2.82. The van der Waals surface area contributed by atoms with Gasteiger partial charge >= 0.3 is 0 Å². The molecule has 1 N–H and O–H groups in total. The lowest BCUT2D eigenvalue weighted by atomic mass is 9.67. The Morgan fingerprint density at radius 2 is 1.83 bits per heavy atom. The van der Waals surface area contributed by atoms with Crippen molar-refractivity contribution in [3.8, 4) is 0 Å². The minimum absolute atomic E-state index is 0.0397. The molecule has 1 saturated heterocycles. The summed E-state index contributed by atoms with van der Waals surface area (Å²) in [4.78, 5) is 0. The molecule has 0 bridgehead atoms. The molecule has 6 heteroatoms. The highest BCUT2D eigenvalue weighted by Crippen LogP contribution is 2.47. The zero-order chi connectivity index (χ0) is 16.7. The molecule has 1 heterocycles. The van der Waals surface area contributed by atoms with E-state index in [1.54, 1.807) is 18.4 Å². The van der Waals surface area contributed by atoms with Crippen molar-refractivity contribution in [1.29, 1.82) is 0 Å². The van der Waals surface area contributed by atoms with E-state index in [0.717, 1.165) is 31.2 Å². The van der Waals surface area contributed by atoms with Crippen LogP contribution in [0.3, 0.4) is 0 Å².